The van der Waals surface area contributed by atoms with Crippen LogP contribution in [0.3, 0.4) is 0 Å². The van der Waals surface area contributed by atoms with Crippen LogP contribution >= 0.6 is 12.0 Å². The summed E-state index contributed by atoms with van der Waals surface area (Å²) in [5.74, 6) is 0.347. The van der Waals surface area contributed by atoms with Gasteiger partial charge < -0.3 is 4.18 Å². The van der Waals surface area contributed by atoms with E-state index in [1.165, 1.54) is 28.7 Å². The van der Waals surface area contributed by atoms with E-state index in [0.717, 1.165) is 0 Å². The fraction of sp³-hybridized carbons (Fsp3) is 0.409. The molecular weight excluding hydrogens is 328 g/mol. The van der Waals surface area contributed by atoms with Gasteiger partial charge in [-0.2, -0.15) is 0 Å². The predicted molar refractivity (Wildman–Crippen MR) is 107 cm³/mol. The van der Waals surface area contributed by atoms with E-state index in [9.17, 15) is 4.79 Å². The first-order chi connectivity index (χ1) is 11.6. The third-order valence-corrected chi connectivity index (χ3v) is 4.81. The van der Waals surface area contributed by atoms with Crippen LogP contribution in [0, 0.1) is 0 Å². The number of hydrogen-bond acceptors (Lipinski definition) is 3. The van der Waals surface area contributed by atoms with E-state index >= 15 is 0 Å². The predicted octanol–water partition coefficient (Wildman–Crippen LogP) is 6.29. The molecule has 0 N–H and O–H groups in total. The van der Waals surface area contributed by atoms with Gasteiger partial charge in [-0.25, -0.2) is 4.79 Å². The van der Waals surface area contributed by atoms with Gasteiger partial charge in [0.2, 0.25) is 0 Å². The van der Waals surface area contributed by atoms with Crippen molar-refractivity contribution in [1.29, 1.82) is 0 Å². The fourth-order valence-corrected chi connectivity index (χ4v) is 2.98. The molecule has 2 aromatic rings. The number of benzene rings is 2. The molecule has 0 aliphatic heterocycles. The molecule has 0 aliphatic rings. The van der Waals surface area contributed by atoms with Crippen molar-refractivity contribution in [3.05, 3.63) is 70.8 Å². The second-order valence-electron chi connectivity index (χ2n) is 8.42. The molecule has 0 fully saturated rings. The molecule has 0 saturated carbocycles. The number of carbonyl (C=O) groups excluding carboxylic acids is 1. The van der Waals surface area contributed by atoms with Gasteiger partial charge >= 0.3 is 5.97 Å². The van der Waals surface area contributed by atoms with E-state index in [1.807, 2.05) is 18.2 Å². The molecule has 0 bridgehead atoms. The molecule has 134 valence electrons. The van der Waals surface area contributed by atoms with Gasteiger partial charge in [0.05, 0.1) is 23.4 Å². The summed E-state index contributed by atoms with van der Waals surface area (Å²) < 4.78 is 5.36. The highest BCUT2D eigenvalue weighted by Gasteiger charge is 2.20. The van der Waals surface area contributed by atoms with Crippen LogP contribution in [0.1, 0.15) is 68.6 Å². The number of carbonyl (C=O) groups is 1. The van der Waals surface area contributed by atoms with Crippen LogP contribution in [0.2, 0.25) is 0 Å². The molecule has 0 atom stereocenters. The Morgan fingerprint density at radius 1 is 0.880 bits per heavy atom. The maximum absolute atomic E-state index is 12.0. The van der Waals surface area contributed by atoms with Crippen LogP contribution in [0.25, 0.3) is 0 Å². The maximum atomic E-state index is 12.0. The first kappa shape index (κ1) is 19.6. The summed E-state index contributed by atoms with van der Waals surface area (Å²) in [5.41, 5.74) is 4.55. The average molecular weight is 357 g/mol. The van der Waals surface area contributed by atoms with Crippen molar-refractivity contribution in [3.63, 3.8) is 0 Å². The second-order valence-corrected chi connectivity index (χ2v) is 9.11. The first-order valence-corrected chi connectivity index (χ1v) is 9.52. The molecule has 3 heteroatoms. The Balaban J connectivity index is 2.12. The molecule has 2 aromatic carbocycles. The summed E-state index contributed by atoms with van der Waals surface area (Å²) >= 11 is 1.20. The van der Waals surface area contributed by atoms with E-state index < -0.39 is 0 Å². The lowest BCUT2D eigenvalue weighted by atomic mass is 9.80. The molecule has 0 radical (unpaired) electrons. The normalized spacial score (nSPS) is 12.1. The minimum atomic E-state index is -0.298. The van der Waals surface area contributed by atoms with Gasteiger partial charge in [-0.3, -0.25) is 0 Å². The third-order valence-electron chi connectivity index (χ3n) is 4.09. The molecule has 0 saturated heterocycles. The highest BCUT2D eigenvalue weighted by Crippen LogP contribution is 2.31. The SMILES string of the molecule is CC(C)(C)c1cc(CSOC(=O)c2ccccc2)cc(C(C)(C)C)c1. The molecule has 0 heterocycles. The van der Waals surface area contributed by atoms with Crippen LogP contribution in [0.4, 0.5) is 0 Å². The number of rotatable bonds is 4. The van der Waals surface area contributed by atoms with Crippen molar-refractivity contribution in [2.75, 3.05) is 0 Å². The lowest BCUT2D eigenvalue weighted by Crippen LogP contribution is -2.17. The average Bonchev–Trinajstić information content (AvgIpc) is 2.53. The standard InChI is InChI=1S/C22H28O2S/c1-21(2,3)18-12-16(13-19(14-18)22(4,5)6)15-25-24-20(23)17-10-8-7-9-11-17/h7-14H,15H2,1-6H3. The zero-order valence-electron chi connectivity index (χ0n) is 16.1. The van der Waals surface area contributed by atoms with E-state index in [-0.39, 0.29) is 16.8 Å². The molecule has 0 aromatic heterocycles. The third kappa shape index (κ3) is 5.64. The van der Waals surface area contributed by atoms with Crippen LogP contribution in [-0.2, 0) is 20.8 Å². The van der Waals surface area contributed by atoms with Crippen molar-refractivity contribution in [1.82, 2.24) is 0 Å². The zero-order valence-corrected chi connectivity index (χ0v) is 16.9. The van der Waals surface area contributed by atoms with Gasteiger partial charge in [0, 0.05) is 0 Å². The Bertz CT molecular complexity index is 690. The van der Waals surface area contributed by atoms with Crippen molar-refractivity contribution in [3.8, 4) is 0 Å². The first-order valence-electron chi connectivity index (χ1n) is 8.61. The quantitative estimate of drug-likeness (QED) is 0.602. The second kappa shape index (κ2) is 7.65. The Hall–Kier alpha value is -1.74. The van der Waals surface area contributed by atoms with E-state index in [4.69, 9.17) is 4.18 Å². The summed E-state index contributed by atoms with van der Waals surface area (Å²) in [6.07, 6.45) is 0. The van der Waals surface area contributed by atoms with Gasteiger partial charge in [0.15, 0.2) is 0 Å². The van der Waals surface area contributed by atoms with Gasteiger partial charge in [0.25, 0.3) is 0 Å². The number of hydrogen-bond donors (Lipinski definition) is 0. The van der Waals surface area contributed by atoms with E-state index in [0.29, 0.717) is 11.3 Å². The zero-order chi connectivity index (χ0) is 18.7. The largest absolute Gasteiger partial charge is 0.387 e. The molecule has 0 unspecified atom stereocenters. The molecule has 2 nitrogen and oxygen atoms in total. The van der Waals surface area contributed by atoms with Crippen molar-refractivity contribution >= 4 is 18.0 Å². The van der Waals surface area contributed by atoms with Crippen molar-refractivity contribution in [2.24, 2.45) is 0 Å². The Labute approximate surface area is 156 Å². The van der Waals surface area contributed by atoms with E-state index in [2.05, 4.69) is 59.7 Å². The van der Waals surface area contributed by atoms with E-state index in [1.54, 1.807) is 12.1 Å². The molecule has 0 aliphatic carbocycles. The smallest absolute Gasteiger partial charge is 0.350 e. The van der Waals surface area contributed by atoms with Gasteiger partial charge in [-0.1, -0.05) is 77.9 Å². The molecular formula is C22H28O2S. The summed E-state index contributed by atoms with van der Waals surface area (Å²) in [6.45, 7) is 13.3. The highest BCUT2D eigenvalue weighted by atomic mass is 32.2. The van der Waals surface area contributed by atoms with Crippen LogP contribution in [-0.4, -0.2) is 5.97 Å². The monoisotopic (exact) mass is 356 g/mol. The minimum Gasteiger partial charge on any atom is -0.387 e. The highest BCUT2D eigenvalue weighted by molar-refractivity contribution is 7.94. The Kier molecular flexibility index (Phi) is 5.99. The van der Waals surface area contributed by atoms with Crippen molar-refractivity contribution in [2.45, 2.75) is 58.1 Å². The molecule has 2 rings (SSSR count). The summed E-state index contributed by atoms with van der Waals surface area (Å²) in [4.78, 5) is 12.0. The van der Waals surface area contributed by atoms with Crippen LogP contribution in [0.5, 0.6) is 0 Å². The Morgan fingerprint density at radius 3 is 1.88 bits per heavy atom. The fourth-order valence-electron chi connectivity index (χ4n) is 2.41. The van der Waals surface area contributed by atoms with Gasteiger partial charge in [-0.05, 0) is 39.7 Å². The van der Waals surface area contributed by atoms with Crippen LogP contribution < -0.4 is 0 Å². The topological polar surface area (TPSA) is 26.3 Å². The molecule has 25 heavy (non-hydrogen) atoms. The Morgan fingerprint density at radius 2 is 1.40 bits per heavy atom. The van der Waals surface area contributed by atoms with Crippen LogP contribution in [0.15, 0.2) is 48.5 Å². The van der Waals surface area contributed by atoms with Gasteiger partial charge in [0.1, 0.15) is 0 Å². The maximum Gasteiger partial charge on any atom is 0.350 e. The van der Waals surface area contributed by atoms with Gasteiger partial charge in [-0.15, -0.1) is 0 Å². The molecule has 0 spiro atoms. The van der Waals surface area contributed by atoms with Crippen molar-refractivity contribution < 1.29 is 8.98 Å². The molecule has 0 amide bonds. The lowest BCUT2D eigenvalue weighted by molar-refractivity contribution is 0.0768. The minimum absolute atomic E-state index is 0.0847. The lowest BCUT2D eigenvalue weighted by Gasteiger charge is -2.26. The summed E-state index contributed by atoms with van der Waals surface area (Å²) in [6, 6.07) is 15.8. The summed E-state index contributed by atoms with van der Waals surface area (Å²) in [5, 5.41) is 0. The summed E-state index contributed by atoms with van der Waals surface area (Å²) in [7, 11) is 0.